The summed E-state index contributed by atoms with van der Waals surface area (Å²) in [5.74, 6) is 0.511. The van der Waals surface area contributed by atoms with Gasteiger partial charge in [-0.25, -0.2) is 18.4 Å². The van der Waals surface area contributed by atoms with E-state index >= 15 is 0 Å². The summed E-state index contributed by atoms with van der Waals surface area (Å²) in [6.45, 7) is 1.88. The number of hydrogen-bond acceptors (Lipinski definition) is 7. The summed E-state index contributed by atoms with van der Waals surface area (Å²) in [6.07, 6.45) is 1.29. The van der Waals surface area contributed by atoms with E-state index in [2.05, 4.69) is 48.1 Å². The van der Waals surface area contributed by atoms with Gasteiger partial charge in [-0.2, -0.15) is 0 Å². The Labute approximate surface area is 170 Å². The van der Waals surface area contributed by atoms with E-state index in [9.17, 15) is 8.42 Å². The zero-order valence-electron chi connectivity index (χ0n) is 14.3. The Balaban J connectivity index is 1.75. The third kappa shape index (κ3) is 4.84. The third-order valence-electron chi connectivity index (χ3n) is 3.63. The van der Waals surface area contributed by atoms with Crippen molar-refractivity contribution in [1.29, 1.82) is 0 Å². The van der Waals surface area contributed by atoms with Gasteiger partial charge < -0.3 is 11.1 Å². The molecule has 0 bridgehead atoms. The predicted molar refractivity (Wildman–Crippen MR) is 114 cm³/mol. The van der Waals surface area contributed by atoms with Crippen molar-refractivity contribution in [1.82, 2.24) is 14.8 Å². The van der Waals surface area contributed by atoms with Crippen LogP contribution in [0.2, 0.25) is 0 Å². The Bertz CT molecular complexity index is 1040. The summed E-state index contributed by atoms with van der Waals surface area (Å²) in [5.41, 5.74) is 10.6. The Kier molecular flexibility index (Phi) is 5.77. The van der Waals surface area contributed by atoms with Crippen molar-refractivity contribution >= 4 is 55.6 Å². The number of benzene rings is 2. The van der Waals surface area contributed by atoms with Crippen LogP contribution in [-0.2, 0) is 10.0 Å². The van der Waals surface area contributed by atoms with Crippen molar-refractivity contribution in [2.45, 2.75) is 11.8 Å². The number of hydrazine groups is 1. The van der Waals surface area contributed by atoms with Gasteiger partial charge in [-0.05, 0) is 65.9 Å². The molecule has 2 aromatic carbocycles. The van der Waals surface area contributed by atoms with Gasteiger partial charge in [-0.1, -0.05) is 17.7 Å². The smallest absolute Gasteiger partial charge is 0.257 e. The summed E-state index contributed by atoms with van der Waals surface area (Å²) in [4.78, 5) is 10.5. The van der Waals surface area contributed by atoms with Crippen LogP contribution in [0.5, 0.6) is 0 Å². The number of aryl methyl sites for hydroxylation is 1. The van der Waals surface area contributed by atoms with Gasteiger partial charge in [0.2, 0.25) is 0 Å². The van der Waals surface area contributed by atoms with Gasteiger partial charge in [0.1, 0.15) is 12.0 Å². The van der Waals surface area contributed by atoms with Crippen LogP contribution in [0.4, 0.5) is 23.0 Å². The lowest BCUT2D eigenvalue weighted by Crippen LogP contribution is -2.30. The van der Waals surface area contributed by atoms with Crippen LogP contribution in [0.25, 0.3) is 0 Å². The number of nitrogens with two attached hydrogens (primary N) is 1. The summed E-state index contributed by atoms with van der Waals surface area (Å²) in [6, 6.07) is 14.1. The van der Waals surface area contributed by atoms with Crippen molar-refractivity contribution in [2.75, 3.05) is 16.5 Å². The molecule has 1 heterocycles. The molecule has 10 heteroatoms. The molecule has 0 radical (unpaired) electrons. The lowest BCUT2D eigenvalue weighted by Gasteiger charge is -2.13. The predicted octanol–water partition coefficient (Wildman–Crippen LogP) is 3.02. The molecule has 0 aliphatic carbocycles. The number of nitrogen functional groups attached to an aromatic ring is 1. The molecule has 0 aliphatic rings. The van der Waals surface area contributed by atoms with Gasteiger partial charge in [0.25, 0.3) is 10.0 Å². The molecule has 0 fully saturated rings. The van der Waals surface area contributed by atoms with E-state index in [-0.39, 0.29) is 16.4 Å². The highest BCUT2D eigenvalue weighted by atomic mass is 127. The molecule has 0 atom stereocenters. The quantitative estimate of drug-likeness (QED) is 0.306. The van der Waals surface area contributed by atoms with Gasteiger partial charge in [-0.3, -0.25) is 5.43 Å². The number of nitrogens with one attached hydrogen (secondary N) is 3. The number of aromatic nitrogens is 2. The Hall–Kier alpha value is -2.44. The van der Waals surface area contributed by atoms with Crippen molar-refractivity contribution in [3.8, 4) is 0 Å². The second-order valence-corrected chi connectivity index (χ2v) is 8.59. The highest BCUT2D eigenvalue weighted by Gasteiger charge is 2.15. The maximum Gasteiger partial charge on any atom is 0.257 e. The summed E-state index contributed by atoms with van der Waals surface area (Å²) < 4.78 is 25.8. The normalized spacial score (nSPS) is 11.2. The van der Waals surface area contributed by atoms with Crippen molar-refractivity contribution < 1.29 is 8.42 Å². The molecule has 5 N–H and O–H groups in total. The largest absolute Gasteiger partial charge is 0.393 e. The molecule has 0 aliphatic heterocycles. The molecule has 0 saturated heterocycles. The maximum absolute atomic E-state index is 12.4. The topological polar surface area (TPSA) is 122 Å². The van der Waals surface area contributed by atoms with Crippen LogP contribution in [0.1, 0.15) is 5.56 Å². The first-order chi connectivity index (χ1) is 12.8. The van der Waals surface area contributed by atoms with Crippen molar-refractivity contribution in [3.63, 3.8) is 0 Å². The molecule has 8 nitrogen and oxygen atoms in total. The molecule has 140 valence electrons. The third-order valence-corrected chi connectivity index (χ3v) is 5.61. The molecule has 3 aromatic rings. The number of anilines is 4. The lowest BCUT2D eigenvalue weighted by atomic mass is 10.2. The van der Waals surface area contributed by atoms with Crippen LogP contribution < -0.4 is 21.3 Å². The van der Waals surface area contributed by atoms with E-state index in [4.69, 9.17) is 5.73 Å². The number of sulfonamides is 1. The molecule has 0 unspecified atom stereocenters. The lowest BCUT2D eigenvalue weighted by molar-refractivity contribution is 0.587. The maximum atomic E-state index is 12.4. The average Bonchev–Trinajstić information content (AvgIpc) is 2.64. The highest BCUT2D eigenvalue weighted by Crippen LogP contribution is 2.25. The molecule has 27 heavy (non-hydrogen) atoms. The first-order valence-corrected chi connectivity index (χ1v) is 10.4. The van der Waals surface area contributed by atoms with Crippen LogP contribution in [-0.4, -0.2) is 18.4 Å². The fourth-order valence-electron chi connectivity index (χ4n) is 2.16. The van der Waals surface area contributed by atoms with Crippen LogP contribution >= 0.6 is 22.6 Å². The van der Waals surface area contributed by atoms with E-state index in [1.54, 1.807) is 12.1 Å². The molecule has 1 aromatic heterocycles. The zero-order valence-corrected chi connectivity index (χ0v) is 17.2. The van der Waals surface area contributed by atoms with E-state index in [1.807, 2.05) is 31.2 Å². The van der Waals surface area contributed by atoms with Gasteiger partial charge in [0.05, 0.1) is 4.90 Å². The van der Waals surface area contributed by atoms with E-state index < -0.39 is 10.0 Å². The second-order valence-electron chi connectivity index (χ2n) is 5.66. The van der Waals surface area contributed by atoms with Crippen molar-refractivity contribution in [2.24, 2.45) is 0 Å². The van der Waals surface area contributed by atoms with Crippen molar-refractivity contribution in [3.05, 3.63) is 64.0 Å². The summed E-state index contributed by atoms with van der Waals surface area (Å²) >= 11 is 2.21. The van der Waals surface area contributed by atoms with Gasteiger partial charge in [0.15, 0.2) is 11.6 Å². The minimum absolute atomic E-state index is 0.130. The zero-order chi connectivity index (χ0) is 19.4. The van der Waals surface area contributed by atoms with E-state index in [0.717, 1.165) is 14.8 Å². The van der Waals surface area contributed by atoms with Crippen LogP contribution in [0.15, 0.2) is 59.8 Å². The molecule has 3 rings (SSSR count). The first kappa shape index (κ1) is 19.3. The van der Waals surface area contributed by atoms with Gasteiger partial charge in [0, 0.05) is 9.26 Å². The van der Waals surface area contributed by atoms with Gasteiger partial charge in [-0.15, -0.1) is 4.83 Å². The average molecular weight is 496 g/mol. The standard InChI is InChI=1S/C17H17IN6O2S/c1-11-2-8-14(9-3-11)27(25,26)24-23-17-15(19)16(20-10-21-17)22-13-6-4-12(18)5-7-13/h2-10,24H,19H2,1H3,(H2,20,21,22,23). The highest BCUT2D eigenvalue weighted by molar-refractivity contribution is 14.1. The fraction of sp³-hybridized carbons (Fsp3) is 0.0588. The van der Waals surface area contributed by atoms with Crippen LogP contribution in [0.3, 0.4) is 0 Å². The summed E-state index contributed by atoms with van der Waals surface area (Å²) in [7, 11) is -3.77. The number of rotatable bonds is 6. The molecule has 0 amide bonds. The number of hydrogen-bond donors (Lipinski definition) is 4. The first-order valence-electron chi connectivity index (χ1n) is 7.83. The van der Waals surface area contributed by atoms with E-state index in [1.165, 1.54) is 18.5 Å². The number of halogens is 1. The number of nitrogens with zero attached hydrogens (tertiary/aromatic N) is 2. The molecular weight excluding hydrogens is 479 g/mol. The Morgan fingerprint density at radius 2 is 1.59 bits per heavy atom. The monoisotopic (exact) mass is 496 g/mol. The minimum atomic E-state index is -3.77. The Morgan fingerprint density at radius 3 is 2.26 bits per heavy atom. The Morgan fingerprint density at radius 1 is 0.963 bits per heavy atom. The second kappa shape index (κ2) is 8.06. The fourth-order valence-corrected chi connectivity index (χ4v) is 3.36. The molecule has 0 saturated carbocycles. The van der Waals surface area contributed by atoms with E-state index in [0.29, 0.717) is 5.82 Å². The van der Waals surface area contributed by atoms with Gasteiger partial charge >= 0.3 is 0 Å². The molecular formula is C17H17IN6O2S. The summed E-state index contributed by atoms with van der Waals surface area (Å²) in [5, 5.41) is 3.08. The SMILES string of the molecule is Cc1ccc(S(=O)(=O)NNc2ncnc(Nc3ccc(I)cc3)c2N)cc1. The van der Waals surface area contributed by atoms with Crippen LogP contribution in [0, 0.1) is 10.5 Å². The minimum Gasteiger partial charge on any atom is -0.393 e. The molecule has 0 spiro atoms.